The zero-order valence-electron chi connectivity index (χ0n) is 9.15. The van der Waals surface area contributed by atoms with E-state index in [1.807, 2.05) is 0 Å². The predicted molar refractivity (Wildman–Crippen MR) is 70.7 cm³/mol. The fourth-order valence-electron chi connectivity index (χ4n) is 1.39. The largest absolute Gasteiger partial charge is 0.399 e. The molecule has 0 radical (unpaired) electrons. The third-order valence-corrected chi connectivity index (χ3v) is 2.61. The number of benzene rings is 1. The summed E-state index contributed by atoms with van der Waals surface area (Å²) in [4.78, 5) is 15.7. The highest BCUT2D eigenvalue weighted by molar-refractivity contribution is 9.10. The Morgan fingerprint density at radius 1 is 1.33 bits per heavy atom. The van der Waals surface area contributed by atoms with Crippen molar-refractivity contribution in [2.45, 2.75) is 0 Å². The molecule has 6 heteroatoms. The summed E-state index contributed by atoms with van der Waals surface area (Å²) in [7, 11) is 0. The smallest absolute Gasteiger partial charge is 0.274 e. The van der Waals surface area contributed by atoms with Crippen molar-refractivity contribution in [3.63, 3.8) is 0 Å². The van der Waals surface area contributed by atoms with Crippen LogP contribution in [0.5, 0.6) is 0 Å². The molecule has 0 fully saturated rings. The number of rotatable bonds is 2. The Morgan fingerprint density at radius 3 is 2.72 bits per heavy atom. The van der Waals surface area contributed by atoms with Gasteiger partial charge < -0.3 is 11.1 Å². The summed E-state index contributed by atoms with van der Waals surface area (Å²) < 4.78 is 13.9. The molecule has 0 bridgehead atoms. The van der Waals surface area contributed by atoms with Gasteiger partial charge in [-0.05, 0) is 46.3 Å². The first-order chi connectivity index (χ1) is 8.54. The molecule has 0 aliphatic carbocycles. The minimum atomic E-state index is -0.505. The molecule has 92 valence electrons. The number of hydrogen-bond donors (Lipinski definition) is 2. The van der Waals surface area contributed by atoms with E-state index in [0.717, 1.165) is 4.47 Å². The maximum Gasteiger partial charge on any atom is 0.274 e. The number of nitrogens with zero attached hydrogens (tertiary/aromatic N) is 1. The van der Waals surface area contributed by atoms with Crippen molar-refractivity contribution in [3.8, 4) is 0 Å². The summed E-state index contributed by atoms with van der Waals surface area (Å²) in [6, 6.07) is 7.09. The van der Waals surface area contributed by atoms with Gasteiger partial charge in [0, 0.05) is 22.0 Å². The van der Waals surface area contributed by atoms with Crippen LogP contribution in [0.2, 0.25) is 0 Å². The molecule has 1 amide bonds. The summed E-state index contributed by atoms with van der Waals surface area (Å²) in [5.74, 6) is -0.929. The molecule has 18 heavy (non-hydrogen) atoms. The van der Waals surface area contributed by atoms with Crippen molar-refractivity contribution >= 4 is 33.2 Å². The molecule has 1 heterocycles. The van der Waals surface area contributed by atoms with Gasteiger partial charge in [0.05, 0.1) is 0 Å². The van der Waals surface area contributed by atoms with E-state index in [1.54, 1.807) is 12.1 Å². The van der Waals surface area contributed by atoms with Crippen LogP contribution in [0.4, 0.5) is 15.8 Å². The van der Waals surface area contributed by atoms with Gasteiger partial charge in [0.25, 0.3) is 5.91 Å². The highest BCUT2D eigenvalue weighted by Crippen LogP contribution is 2.16. The number of nitrogen functional groups attached to an aromatic ring is 1. The summed E-state index contributed by atoms with van der Waals surface area (Å²) in [5.41, 5.74) is 6.26. The molecule has 0 saturated carbocycles. The summed E-state index contributed by atoms with van der Waals surface area (Å²) in [6.45, 7) is 0. The first-order valence-corrected chi connectivity index (χ1v) is 5.83. The van der Waals surface area contributed by atoms with Gasteiger partial charge in [-0.2, -0.15) is 0 Å². The van der Waals surface area contributed by atoms with E-state index in [4.69, 9.17) is 5.73 Å². The average molecular weight is 310 g/mol. The van der Waals surface area contributed by atoms with Crippen LogP contribution in [0.3, 0.4) is 0 Å². The number of amides is 1. The number of aromatic nitrogens is 1. The van der Waals surface area contributed by atoms with Gasteiger partial charge in [0.15, 0.2) is 0 Å². The Morgan fingerprint density at radius 2 is 2.11 bits per heavy atom. The monoisotopic (exact) mass is 309 g/mol. The molecule has 0 aliphatic rings. The molecular formula is C12H9BrFN3O. The second-order valence-electron chi connectivity index (χ2n) is 3.59. The second-order valence-corrected chi connectivity index (χ2v) is 4.50. The molecule has 1 aromatic carbocycles. The Balaban J connectivity index is 2.18. The minimum Gasteiger partial charge on any atom is -0.399 e. The zero-order valence-corrected chi connectivity index (χ0v) is 10.7. The maximum atomic E-state index is 13.1. The van der Waals surface area contributed by atoms with Crippen molar-refractivity contribution in [3.05, 3.63) is 52.5 Å². The maximum absolute atomic E-state index is 13.1. The van der Waals surface area contributed by atoms with Crippen molar-refractivity contribution in [2.75, 3.05) is 11.1 Å². The van der Waals surface area contributed by atoms with Gasteiger partial charge >= 0.3 is 0 Å². The topological polar surface area (TPSA) is 68.0 Å². The van der Waals surface area contributed by atoms with Gasteiger partial charge in [-0.25, -0.2) is 9.37 Å². The first kappa shape index (κ1) is 12.5. The third-order valence-electron chi connectivity index (χ3n) is 2.14. The fourth-order valence-corrected chi connectivity index (χ4v) is 1.62. The molecule has 4 nitrogen and oxygen atoms in total. The molecule has 0 aliphatic heterocycles. The van der Waals surface area contributed by atoms with Crippen molar-refractivity contribution in [1.82, 2.24) is 4.98 Å². The van der Waals surface area contributed by atoms with Crippen LogP contribution in [0.1, 0.15) is 10.5 Å². The highest BCUT2D eigenvalue weighted by Gasteiger charge is 2.08. The lowest BCUT2D eigenvalue weighted by Crippen LogP contribution is -2.13. The van der Waals surface area contributed by atoms with Gasteiger partial charge in [-0.15, -0.1) is 0 Å². The Bertz CT molecular complexity index is 566. The van der Waals surface area contributed by atoms with Crippen LogP contribution in [0.25, 0.3) is 0 Å². The molecule has 0 atom stereocenters. The SMILES string of the molecule is Nc1cc(F)cc(NC(=O)c2ccc(Br)cn2)c1. The van der Waals surface area contributed by atoms with E-state index in [-0.39, 0.29) is 11.4 Å². The lowest BCUT2D eigenvalue weighted by Gasteiger charge is -2.06. The van der Waals surface area contributed by atoms with E-state index in [1.165, 1.54) is 24.4 Å². The molecule has 3 N–H and O–H groups in total. The molecule has 2 aromatic rings. The summed E-state index contributed by atoms with van der Waals surface area (Å²) in [6.07, 6.45) is 1.51. The number of nitrogens with two attached hydrogens (primary N) is 1. The number of carbonyl (C=O) groups is 1. The molecule has 0 saturated heterocycles. The van der Waals surface area contributed by atoms with E-state index in [2.05, 4.69) is 26.2 Å². The standard InChI is InChI=1S/C12H9BrFN3O/c13-7-1-2-11(16-6-7)12(18)17-10-4-8(14)3-9(15)5-10/h1-6H,15H2,(H,17,18). The molecule has 1 aromatic heterocycles. The zero-order chi connectivity index (χ0) is 13.1. The van der Waals surface area contributed by atoms with Crippen molar-refractivity contribution in [1.29, 1.82) is 0 Å². The Hall–Kier alpha value is -1.95. The number of anilines is 2. The third kappa shape index (κ3) is 3.04. The molecule has 0 spiro atoms. The normalized spacial score (nSPS) is 10.1. The molecule has 0 unspecified atom stereocenters. The van der Waals surface area contributed by atoms with E-state index in [9.17, 15) is 9.18 Å². The van der Waals surface area contributed by atoms with Gasteiger partial charge in [-0.3, -0.25) is 4.79 Å². The Labute approximate surface area is 111 Å². The summed E-state index contributed by atoms with van der Waals surface area (Å²) in [5, 5.41) is 2.52. The average Bonchev–Trinajstić information content (AvgIpc) is 2.28. The van der Waals surface area contributed by atoms with E-state index < -0.39 is 11.7 Å². The van der Waals surface area contributed by atoms with Crippen molar-refractivity contribution < 1.29 is 9.18 Å². The lowest BCUT2D eigenvalue weighted by molar-refractivity contribution is 0.102. The van der Waals surface area contributed by atoms with Crippen LogP contribution in [-0.2, 0) is 0 Å². The molecular weight excluding hydrogens is 301 g/mol. The second kappa shape index (κ2) is 5.14. The van der Waals surface area contributed by atoms with Crippen LogP contribution >= 0.6 is 15.9 Å². The number of pyridine rings is 1. The van der Waals surface area contributed by atoms with Crippen LogP contribution in [-0.4, -0.2) is 10.9 Å². The number of nitrogens with one attached hydrogen (secondary N) is 1. The first-order valence-electron chi connectivity index (χ1n) is 5.03. The lowest BCUT2D eigenvalue weighted by atomic mass is 10.2. The van der Waals surface area contributed by atoms with Crippen LogP contribution in [0.15, 0.2) is 41.0 Å². The minimum absolute atomic E-state index is 0.237. The van der Waals surface area contributed by atoms with Gasteiger partial charge in [0.1, 0.15) is 11.5 Å². The van der Waals surface area contributed by atoms with E-state index in [0.29, 0.717) is 5.69 Å². The van der Waals surface area contributed by atoms with E-state index >= 15 is 0 Å². The molecule has 2 rings (SSSR count). The fraction of sp³-hybridized carbons (Fsp3) is 0. The van der Waals surface area contributed by atoms with Crippen LogP contribution < -0.4 is 11.1 Å². The van der Waals surface area contributed by atoms with Gasteiger partial charge in [-0.1, -0.05) is 0 Å². The number of halogens is 2. The number of hydrogen-bond acceptors (Lipinski definition) is 3. The van der Waals surface area contributed by atoms with Crippen molar-refractivity contribution in [2.24, 2.45) is 0 Å². The predicted octanol–water partition coefficient (Wildman–Crippen LogP) is 2.82. The quantitative estimate of drug-likeness (QED) is 0.838. The Kier molecular flexibility index (Phi) is 3.57. The number of carbonyl (C=O) groups excluding carboxylic acids is 1. The van der Waals surface area contributed by atoms with Crippen LogP contribution in [0, 0.1) is 5.82 Å². The summed E-state index contributed by atoms with van der Waals surface area (Å²) >= 11 is 3.22. The highest BCUT2D eigenvalue weighted by atomic mass is 79.9. The van der Waals surface area contributed by atoms with Gasteiger partial charge in [0.2, 0.25) is 0 Å².